The summed E-state index contributed by atoms with van der Waals surface area (Å²) >= 11 is 0. The lowest BCUT2D eigenvalue weighted by Gasteiger charge is -2.45. The SMILES string of the molecule is CC(C)(C)[Si](C)(C)O[C@@H]1C(c2cccc(F)c2)=C[C@]2(O[Si](C)(C)C(C)(C)C)C[C@H]1OC2=O. The minimum absolute atomic E-state index is 0.0190. The van der Waals surface area contributed by atoms with Crippen LogP contribution >= 0.6 is 0 Å². The van der Waals surface area contributed by atoms with Gasteiger partial charge in [0.25, 0.3) is 0 Å². The first-order chi connectivity index (χ1) is 14.4. The Kier molecular flexibility index (Phi) is 6.25. The molecule has 0 saturated carbocycles. The minimum Gasteiger partial charge on any atom is -0.457 e. The van der Waals surface area contributed by atoms with Crippen LogP contribution in [0.1, 0.15) is 53.5 Å². The van der Waals surface area contributed by atoms with E-state index in [9.17, 15) is 9.18 Å². The maximum Gasteiger partial charge on any atom is 0.341 e. The van der Waals surface area contributed by atoms with Crippen molar-refractivity contribution in [1.29, 1.82) is 0 Å². The van der Waals surface area contributed by atoms with Gasteiger partial charge in [0.15, 0.2) is 22.2 Å². The average Bonchev–Trinajstić information content (AvgIpc) is 2.86. The first-order valence-corrected chi connectivity index (χ1v) is 17.3. The maximum absolute atomic E-state index is 14.2. The Bertz CT molecular complexity index is 927. The number of halogens is 1. The highest BCUT2D eigenvalue weighted by atomic mass is 28.4. The molecular weight excluding hydrogens is 439 g/mol. The largest absolute Gasteiger partial charge is 0.457 e. The van der Waals surface area contributed by atoms with Gasteiger partial charge in [0, 0.05) is 6.42 Å². The quantitative estimate of drug-likeness (QED) is 0.349. The van der Waals surface area contributed by atoms with Crippen LogP contribution in [0.2, 0.25) is 36.3 Å². The molecule has 1 saturated heterocycles. The molecule has 3 rings (SSSR count). The monoisotopic (exact) mass is 478 g/mol. The lowest BCUT2D eigenvalue weighted by Crippen LogP contribution is -2.53. The number of carbonyl (C=O) groups is 1. The van der Waals surface area contributed by atoms with E-state index in [2.05, 4.69) is 67.7 Å². The summed E-state index contributed by atoms with van der Waals surface area (Å²) in [5.74, 6) is -0.679. The van der Waals surface area contributed by atoms with Gasteiger partial charge < -0.3 is 13.6 Å². The van der Waals surface area contributed by atoms with Crippen molar-refractivity contribution in [1.82, 2.24) is 0 Å². The van der Waals surface area contributed by atoms with Gasteiger partial charge in [0.05, 0.1) is 0 Å². The molecule has 0 spiro atoms. The van der Waals surface area contributed by atoms with Crippen LogP contribution in [0.3, 0.4) is 0 Å². The molecule has 1 aromatic rings. The number of carbonyl (C=O) groups excluding carboxylic acids is 1. The molecule has 1 aromatic carbocycles. The Balaban J connectivity index is 2.13. The molecule has 2 bridgehead atoms. The van der Waals surface area contributed by atoms with Crippen molar-refractivity contribution in [2.24, 2.45) is 0 Å². The summed E-state index contributed by atoms with van der Waals surface area (Å²) in [6.45, 7) is 21.6. The Hall–Kier alpha value is -1.29. The van der Waals surface area contributed by atoms with Gasteiger partial charge in [-0.2, -0.15) is 0 Å². The van der Waals surface area contributed by atoms with Gasteiger partial charge in [-0.15, -0.1) is 0 Å². The molecule has 0 amide bonds. The van der Waals surface area contributed by atoms with Gasteiger partial charge in [-0.25, -0.2) is 9.18 Å². The van der Waals surface area contributed by atoms with Crippen LogP contribution in [0, 0.1) is 5.82 Å². The smallest absolute Gasteiger partial charge is 0.341 e. The number of fused-ring (bicyclic) bond motifs is 2. The molecule has 0 N–H and O–H groups in total. The van der Waals surface area contributed by atoms with Gasteiger partial charge >= 0.3 is 5.97 Å². The number of esters is 1. The van der Waals surface area contributed by atoms with E-state index < -0.39 is 34.4 Å². The third-order valence-corrected chi connectivity index (χ3v) is 16.7. The molecular formula is C25H39FO4Si2. The second kappa shape index (κ2) is 7.89. The van der Waals surface area contributed by atoms with Gasteiger partial charge in [0.1, 0.15) is 18.0 Å². The van der Waals surface area contributed by atoms with E-state index >= 15 is 0 Å². The standard InChI is InChI=1S/C25H39FO4Si2/c1-23(2,3)31(7,8)29-21-19(17-12-11-13-18(26)14-17)15-25(16-20(21)28-22(25)27)30-32(9,10)24(4,5)6/h11-15,20-21H,16H2,1-10H3/t20-,21-,25+/m1/s1. The molecule has 1 fully saturated rings. The number of ether oxygens (including phenoxy) is 1. The third-order valence-electron chi connectivity index (χ3n) is 7.77. The lowest BCUT2D eigenvalue weighted by molar-refractivity contribution is -0.151. The highest BCUT2D eigenvalue weighted by Crippen LogP contribution is 2.50. The molecule has 1 heterocycles. The lowest BCUT2D eigenvalue weighted by atomic mass is 9.82. The number of benzene rings is 1. The summed E-state index contributed by atoms with van der Waals surface area (Å²) in [5, 5.41) is -0.0870. The molecule has 32 heavy (non-hydrogen) atoms. The highest BCUT2D eigenvalue weighted by molar-refractivity contribution is 6.74. The number of hydrogen-bond donors (Lipinski definition) is 0. The summed E-state index contributed by atoms with van der Waals surface area (Å²) < 4.78 is 33.6. The van der Waals surface area contributed by atoms with Crippen molar-refractivity contribution < 1.29 is 22.8 Å². The van der Waals surface area contributed by atoms with Crippen LogP contribution in [0.25, 0.3) is 5.57 Å². The van der Waals surface area contributed by atoms with E-state index in [1.54, 1.807) is 6.07 Å². The molecule has 0 unspecified atom stereocenters. The second-order valence-electron chi connectivity index (χ2n) is 12.3. The fraction of sp³-hybridized carbons (Fsp3) is 0.640. The predicted octanol–water partition coefficient (Wildman–Crippen LogP) is 6.69. The van der Waals surface area contributed by atoms with Gasteiger partial charge in [-0.3, -0.25) is 0 Å². The van der Waals surface area contributed by atoms with E-state index in [-0.39, 0.29) is 21.9 Å². The Morgan fingerprint density at radius 1 is 1.03 bits per heavy atom. The molecule has 178 valence electrons. The molecule has 0 aromatic heterocycles. The second-order valence-corrected chi connectivity index (χ2v) is 21.8. The van der Waals surface area contributed by atoms with Crippen LogP contribution < -0.4 is 0 Å². The fourth-order valence-electron chi connectivity index (χ4n) is 3.75. The highest BCUT2D eigenvalue weighted by Gasteiger charge is 2.60. The topological polar surface area (TPSA) is 44.8 Å². The van der Waals surface area contributed by atoms with E-state index in [4.69, 9.17) is 13.6 Å². The van der Waals surface area contributed by atoms with Crippen LogP contribution in [0.4, 0.5) is 4.39 Å². The van der Waals surface area contributed by atoms with E-state index in [1.807, 2.05) is 12.1 Å². The Labute approximate surface area is 194 Å². The predicted molar refractivity (Wildman–Crippen MR) is 132 cm³/mol. The van der Waals surface area contributed by atoms with Crippen LogP contribution in [0.15, 0.2) is 30.3 Å². The zero-order valence-electron chi connectivity index (χ0n) is 21.3. The van der Waals surface area contributed by atoms with E-state index in [1.165, 1.54) is 12.1 Å². The van der Waals surface area contributed by atoms with Crippen molar-refractivity contribution in [3.05, 3.63) is 41.7 Å². The zero-order valence-corrected chi connectivity index (χ0v) is 23.3. The zero-order chi connectivity index (χ0) is 24.3. The van der Waals surface area contributed by atoms with Crippen molar-refractivity contribution in [2.45, 2.75) is 102 Å². The molecule has 0 radical (unpaired) electrons. The van der Waals surface area contributed by atoms with Gasteiger partial charge in [-0.05, 0) is 65.6 Å². The normalized spacial score (nSPS) is 26.7. The summed E-state index contributed by atoms with van der Waals surface area (Å²) in [7, 11) is -4.49. The number of rotatable bonds is 5. The number of hydrogen-bond acceptors (Lipinski definition) is 4. The van der Waals surface area contributed by atoms with Crippen molar-refractivity contribution in [2.75, 3.05) is 0 Å². The van der Waals surface area contributed by atoms with E-state index in [0.717, 1.165) is 5.57 Å². The Morgan fingerprint density at radius 3 is 2.16 bits per heavy atom. The van der Waals surface area contributed by atoms with E-state index in [0.29, 0.717) is 12.0 Å². The Morgan fingerprint density at radius 2 is 1.62 bits per heavy atom. The first kappa shape index (κ1) is 25.3. The minimum atomic E-state index is -2.29. The van der Waals surface area contributed by atoms with Crippen LogP contribution in [-0.2, 0) is 18.4 Å². The van der Waals surface area contributed by atoms with Gasteiger partial charge in [0.2, 0.25) is 0 Å². The van der Waals surface area contributed by atoms with Crippen molar-refractivity contribution in [3.8, 4) is 0 Å². The molecule has 7 heteroatoms. The van der Waals surface area contributed by atoms with Crippen molar-refractivity contribution >= 4 is 28.2 Å². The van der Waals surface area contributed by atoms with Crippen LogP contribution in [0.5, 0.6) is 0 Å². The third kappa shape index (κ3) is 4.54. The average molecular weight is 479 g/mol. The van der Waals surface area contributed by atoms with Crippen molar-refractivity contribution in [3.63, 3.8) is 0 Å². The molecule has 2 aliphatic rings. The fourth-order valence-corrected chi connectivity index (χ4v) is 6.46. The van der Waals surface area contributed by atoms with Gasteiger partial charge in [-0.1, -0.05) is 53.7 Å². The molecule has 3 atom stereocenters. The summed E-state index contributed by atoms with van der Waals surface area (Å²) in [4.78, 5) is 13.2. The molecule has 1 aliphatic carbocycles. The molecule has 1 aliphatic heterocycles. The summed E-state index contributed by atoms with van der Waals surface area (Å²) in [6, 6.07) is 6.49. The molecule has 4 nitrogen and oxygen atoms in total. The summed E-state index contributed by atoms with van der Waals surface area (Å²) in [5.41, 5.74) is 0.345. The maximum atomic E-state index is 14.2. The van der Waals surface area contributed by atoms with Crippen LogP contribution in [-0.4, -0.2) is 40.4 Å². The first-order valence-electron chi connectivity index (χ1n) is 11.5. The summed E-state index contributed by atoms with van der Waals surface area (Å²) in [6.07, 6.45) is 1.41.